The molecule has 3 N–H and O–H groups in total. The van der Waals surface area contributed by atoms with Gasteiger partial charge >= 0.3 is 5.69 Å². The summed E-state index contributed by atoms with van der Waals surface area (Å²) in [7, 11) is 0. The van der Waals surface area contributed by atoms with Crippen molar-refractivity contribution >= 4 is 28.4 Å². The van der Waals surface area contributed by atoms with Crippen LogP contribution < -0.4 is 11.0 Å². The van der Waals surface area contributed by atoms with Crippen LogP contribution in [0.5, 0.6) is 0 Å². The number of aromatic amines is 2. The summed E-state index contributed by atoms with van der Waals surface area (Å²) < 4.78 is 0. The molecule has 0 atom stereocenters. The Hall–Kier alpha value is -3.15. The van der Waals surface area contributed by atoms with E-state index in [4.69, 9.17) is 0 Å². The quantitative estimate of drug-likeness (QED) is 0.618. The van der Waals surface area contributed by atoms with Crippen molar-refractivity contribution in [1.29, 1.82) is 0 Å². The molecule has 0 spiro atoms. The molecule has 1 aliphatic carbocycles. The van der Waals surface area contributed by atoms with Crippen molar-refractivity contribution in [1.82, 2.24) is 9.97 Å². The first kappa shape index (κ1) is 16.3. The molecule has 1 aliphatic rings. The number of carbonyl (C=O) groups excluding carboxylic acids is 2. The second kappa shape index (κ2) is 6.63. The number of benzene rings is 2. The third-order valence-corrected chi connectivity index (χ3v) is 4.80. The van der Waals surface area contributed by atoms with Crippen LogP contribution in [0.1, 0.15) is 40.7 Å². The molecule has 0 radical (unpaired) electrons. The van der Waals surface area contributed by atoms with Crippen molar-refractivity contribution in [3.63, 3.8) is 0 Å². The minimum atomic E-state index is -0.289. The van der Waals surface area contributed by atoms with Crippen LogP contribution in [0, 0.1) is 0 Å². The van der Waals surface area contributed by atoms with Gasteiger partial charge < -0.3 is 15.3 Å². The standard InChI is InChI=1S/C20H19N3O3/c24-18(14-5-4-12-2-1-3-13(12)10-14)8-9-19(25)21-15-6-7-16-17(11-15)23-20(26)22-16/h4-7,10-11H,1-3,8-9H2,(H,21,25)(H2,22,23,26). The maximum Gasteiger partial charge on any atom is 0.323 e. The minimum absolute atomic E-state index is 0.0136. The largest absolute Gasteiger partial charge is 0.326 e. The lowest BCUT2D eigenvalue weighted by atomic mass is 10.0. The van der Waals surface area contributed by atoms with Crippen LogP contribution in [0.4, 0.5) is 5.69 Å². The van der Waals surface area contributed by atoms with E-state index in [0.29, 0.717) is 22.3 Å². The molecule has 4 rings (SSSR count). The highest BCUT2D eigenvalue weighted by Crippen LogP contribution is 2.23. The molecular weight excluding hydrogens is 330 g/mol. The molecule has 1 amide bonds. The number of amides is 1. The van der Waals surface area contributed by atoms with Gasteiger partial charge in [-0.2, -0.15) is 0 Å². The van der Waals surface area contributed by atoms with Gasteiger partial charge in [-0.15, -0.1) is 0 Å². The van der Waals surface area contributed by atoms with Crippen molar-refractivity contribution < 1.29 is 9.59 Å². The van der Waals surface area contributed by atoms with Gasteiger partial charge in [0.1, 0.15) is 0 Å². The Balaban J connectivity index is 1.36. The van der Waals surface area contributed by atoms with Crippen molar-refractivity contribution in [2.45, 2.75) is 32.1 Å². The average molecular weight is 349 g/mol. The van der Waals surface area contributed by atoms with E-state index in [1.165, 1.54) is 11.1 Å². The molecule has 6 nitrogen and oxygen atoms in total. The summed E-state index contributed by atoms with van der Waals surface area (Å²) in [6, 6.07) is 11.0. The van der Waals surface area contributed by atoms with Gasteiger partial charge in [0, 0.05) is 24.1 Å². The molecule has 0 saturated heterocycles. The highest BCUT2D eigenvalue weighted by Gasteiger charge is 2.15. The second-order valence-electron chi connectivity index (χ2n) is 6.65. The van der Waals surface area contributed by atoms with Gasteiger partial charge in [0.05, 0.1) is 11.0 Å². The van der Waals surface area contributed by atoms with Crippen LogP contribution in [0.15, 0.2) is 41.2 Å². The average Bonchev–Trinajstić information content (AvgIpc) is 3.23. The molecule has 1 heterocycles. The molecule has 1 aromatic heterocycles. The Labute approximate surface area is 149 Å². The summed E-state index contributed by atoms with van der Waals surface area (Å²) in [6.07, 6.45) is 3.56. The van der Waals surface area contributed by atoms with Crippen molar-refractivity contribution in [3.8, 4) is 0 Å². The molecule has 0 unspecified atom stereocenters. The van der Waals surface area contributed by atoms with Crippen LogP contribution in [0.3, 0.4) is 0 Å². The SMILES string of the molecule is O=C(CCC(=O)c1ccc2c(c1)CCC2)Nc1ccc2[nH]c(=O)[nH]c2c1. The normalized spacial score (nSPS) is 12.9. The monoisotopic (exact) mass is 349 g/mol. The number of fused-ring (bicyclic) bond motifs is 2. The molecule has 0 fully saturated rings. The topological polar surface area (TPSA) is 94.8 Å². The predicted molar refractivity (Wildman–Crippen MR) is 99.6 cm³/mol. The van der Waals surface area contributed by atoms with Gasteiger partial charge in [-0.1, -0.05) is 12.1 Å². The van der Waals surface area contributed by atoms with Gasteiger partial charge in [-0.05, 0) is 54.7 Å². The lowest BCUT2D eigenvalue weighted by molar-refractivity contribution is -0.116. The molecule has 6 heteroatoms. The molecular formula is C20H19N3O3. The maximum atomic E-state index is 12.4. The fraction of sp³-hybridized carbons (Fsp3) is 0.250. The Bertz CT molecular complexity index is 1060. The molecule has 2 aromatic carbocycles. The Morgan fingerprint density at radius 3 is 2.62 bits per heavy atom. The number of anilines is 1. The molecule has 0 saturated carbocycles. The molecule has 26 heavy (non-hydrogen) atoms. The summed E-state index contributed by atoms with van der Waals surface area (Å²) >= 11 is 0. The van der Waals surface area contributed by atoms with Crippen LogP contribution in [0.2, 0.25) is 0 Å². The fourth-order valence-corrected chi connectivity index (χ4v) is 3.45. The number of carbonyl (C=O) groups is 2. The van der Waals surface area contributed by atoms with E-state index < -0.39 is 0 Å². The number of rotatable bonds is 5. The third kappa shape index (κ3) is 3.31. The van der Waals surface area contributed by atoms with Crippen molar-refractivity contribution in [2.75, 3.05) is 5.32 Å². The van der Waals surface area contributed by atoms with Crippen LogP contribution >= 0.6 is 0 Å². The lowest BCUT2D eigenvalue weighted by Crippen LogP contribution is -2.13. The van der Waals surface area contributed by atoms with Crippen LogP contribution in [0.25, 0.3) is 11.0 Å². The van der Waals surface area contributed by atoms with E-state index in [0.717, 1.165) is 19.3 Å². The number of H-pyrrole nitrogens is 2. The Morgan fingerprint density at radius 2 is 1.73 bits per heavy atom. The fourth-order valence-electron chi connectivity index (χ4n) is 3.45. The number of aryl methyl sites for hydroxylation is 2. The van der Waals surface area contributed by atoms with Crippen molar-refractivity contribution in [2.24, 2.45) is 0 Å². The highest BCUT2D eigenvalue weighted by molar-refractivity contribution is 6.00. The number of Topliss-reactive ketones (excluding diaryl/α,β-unsaturated/α-hetero) is 1. The highest BCUT2D eigenvalue weighted by atomic mass is 16.2. The van der Waals surface area contributed by atoms with Gasteiger partial charge in [-0.25, -0.2) is 4.79 Å². The predicted octanol–water partition coefficient (Wildman–Crippen LogP) is 2.95. The zero-order valence-corrected chi connectivity index (χ0v) is 14.2. The first-order valence-electron chi connectivity index (χ1n) is 8.75. The van der Waals surface area contributed by atoms with E-state index in [-0.39, 0.29) is 30.2 Å². The molecule has 0 aliphatic heterocycles. The summed E-state index contributed by atoms with van der Waals surface area (Å²) in [4.78, 5) is 41.1. The van der Waals surface area contributed by atoms with Gasteiger partial charge in [0.25, 0.3) is 0 Å². The van der Waals surface area contributed by atoms with E-state index in [9.17, 15) is 14.4 Å². The van der Waals surface area contributed by atoms with E-state index >= 15 is 0 Å². The van der Waals surface area contributed by atoms with E-state index in [1.807, 2.05) is 18.2 Å². The van der Waals surface area contributed by atoms with Crippen LogP contribution in [-0.4, -0.2) is 21.7 Å². The first-order chi connectivity index (χ1) is 12.6. The van der Waals surface area contributed by atoms with E-state index in [1.54, 1.807) is 18.2 Å². The zero-order chi connectivity index (χ0) is 18.1. The first-order valence-corrected chi connectivity index (χ1v) is 8.75. The number of ketones is 1. The molecule has 132 valence electrons. The van der Waals surface area contributed by atoms with Crippen molar-refractivity contribution in [3.05, 3.63) is 63.6 Å². The lowest BCUT2D eigenvalue weighted by Gasteiger charge is -2.06. The van der Waals surface area contributed by atoms with E-state index in [2.05, 4.69) is 15.3 Å². The Kier molecular flexibility index (Phi) is 4.16. The smallest absolute Gasteiger partial charge is 0.323 e. The van der Waals surface area contributed by atoms with Crippen LogP contribution in [-0.2, 0) is 17.6 Å². The number of hydrogen-bond donors (Lipinski definition) is 3. The summed E-state index contributed by atoms with van der Waals surface area (Å²) in [5.41, 5.74) is 4.88. The van der Waals surface area contributed by atoms with Gasteiger partial charge in [0.2, 0.25) is 5.91 Å². The third-order valence-electron chi connectivity index (χ3n) is 4.80. The van der Waals surface area contributed by atoms with Gasteiger partial charge in [0.15, 0.2) is 5.78 Å². The number of imidazole rings is 1. The summed E-state index contributed by atoms with van der Waals surface area (Å²) in [5, 5.41) is 2.76. The summed E-state index contributed by atoms with van der Waals surface area (Å²) in [5.74, 6) is -0.239. The van der Waals surface area contributed by atoms with Gasteiger partial charge in [-0.3, -0.25) is 9.59 Å². The number of nitrogens with one attached hydrogen (secondary N) is 3. The molecule has 3 aromatic rings. The molecule has 0 bridgehead atoms. The maximum absolute atomic E-state index is 12.4. The summed E-state index contributed by atoms with van der Waals surface area (Å²) in [6.45, 7) is 0. The number of aromatic nitrogens is 2. The second-order valence-corrected chi connectivity index (χ2v) is 6.65. The minimum Gasteiger partial charge on any atom is -0.326 e. The zero-order valence-electron chi connectivity index (χ0n) is 14.2. The number of hydrogen-bond acceptors (Lipinski definition) is 3. The Morgan fingerprint density at radius 1 is 0.923 bits per heavy atom.